The molecular formula is C20H15Cl3N2OS. The second kappa shape index (κ2) is 8.21. The number of hydrogen-bond donors (Lipinski definition) is 0. The molecule has 2 heterocycles. The first-order chi connectivity index (χ1) is 13.1. The van der Waals surface area contributed by atoms with E-state index in [2.05, 4.69) is 16.4 Å². The van der Waals surface area contributed by atoms with Crippen LogP contribution in [0.25, 0.3) is 10.1 Å². The standard InChI is InChI=1S/C20H15Cl3N2OS/c21-14-4-5-16(18(23)8-14)19(9-25-7-6-24-12-25)26-10-13-11-27-20-15(13)2-1-3-17(20)22/h1-8,11-12,19H,9-10H2. The van der Waals surface area contributed by atoms with Crippen LogP contribution in [0.5, 0.6) is 0 Å². The lowest BCUT2D eigenvalue weighted by molar-refractivity contribution is 0.0288. The van der Waals surface area contributed by atoms with Crippen LogP contribution < -0.4 is 0 Å². The number of hydrogen-bond acceptors (Lipinski definition) is 3. The van der Waals surface area contributed by atoms with Crippen LogP contribution in [0.4, 0.5) is 0 Å². The number of imidazole rings is 1. The van der Waals surface area contributed by atoms with E-state index in [1.165, 1.54) is 0 Å². The van der Waals surface area contributed by atoms with Crippen LogP contribution in [0.3, 0.4) is 0 Å². The molecule has 4 aromatic rings. The Bertz CT molecular complexity index is 1060. The molecule has 138 valence electrons. The van der Waals surface area contributed by atoms with Gasteiger partial charge in [0, 0.05) is 28.0 Å². The number of nitrogens with zero attached hydrogens (tertiary/aromatic N) is 2. The molecule has 0 N–H and O–H groups in total. The van der Waals surface area contributed by atoms with Crippen LogP contribution in [-0.2, 0) is 17.9 Å². The minimum absolute atomic E-state index is 0.238. The van der Waals surface area contributed by atoms with Crippen LogP contribution >= 0.6 is 46.1 Å². The minimum atomic E-state index is -0.238. The highest BCUT2D eigenvalue weighted by Gasteiger charge is 2.18. The molecule has 0 spiro atoms. The molecule has 0 aliphatic heterocycles. The van der Waals surface area contributed by atoms with Crippen molar-refractivity contribution in [1.29, 1.82) is 0 Å². The van der Waals surface area contributed by atoms with Crippen molar-refractivity contribution in [3.63, 3.8) is 0 Å². The summed E-state index contributed by atoms with van der Waals surface area (Å²) < 4.78 is 9.35. The molecule has 0 fully saturated rings. The molecule has 7 heteroatoms. The zero-order valence-corrected chi connectivity index (χ0v) is 17.2. The number of ether oxygens (including phenoxy) is 1. The summed E-state index contributed by atoms with van der Waals surface area (Å²) in [4.78, 5) is 4.11. The molecular weight excluding hydrogens is 423 g/mol. The van der Waals surface area contributed by atoms with Gasteiger partial charge in [-0.2, -0.15) is 0 Å². The summed E-state index contributed by atoms with van der Waals surface area (Å²) in [6.07, 6.45) is 5.17. The van der Waals surface area contributed by atoms with E-state index in [0.717, 1.165) is 26.2 Å². The van der Waals surface area contributed by atoms with E-state index in [0.29, 0.717) is 23.2 Å². The number of thiophene rings is 1. The molecule has 0 bridgehead atoms. The van der Waals surface area contributed by atoms with Gasteiger partial charge in [0.25, 0.3) is 0 Å². The van der Waals surface area contributed by atoms with Gasteiger partial charge in [-0.3, -0.25) is 0 Å². The fourth-order valence-corrected chi connectivity index (χ4v) is 4.77. The molecule has 0 aliphatic rings. The van der Waals surface area contributed by atoms with E-state index < -0.39 is 0 Å². The van der Waals surface area contributed by atoms with E-state index in [-0.39, 0.29) is 6.10 Å². The predicted molar refractivity (Wildman–Crippen MR) is 113 cm³/mol. The van der Waals surface area contributed by atoms with Gasteiger partial charge < -0.3 is 9.30 Å². The van der Waals surface area contributed by atoms with Crippen molar-refractivity contribution >= 4 is 56.2 Å². The number of fused-ring (bicyclic) bond motifs is 1. The van der Waals surface area contributed by atoms with E-state index in [9.17, 15) is 0 Å². The van der Waals surface area contributed by atoms with Crippen molar-refractivity contribution in [2.75, 3.05) is 0 Å². The quantitative estimate of drug-likeness (QED) is 0.324. The van der Waals surface area contributed by atoms with Gasteiger partial charge in [0.15, 0.2) is 0 Å². The minimum Gasteiger partial charge on any atom is -0.367 e. The fourth-order valence-electron chi connectivity index (χ4n) is 2.97. The van der Waals surface area contributed by atoms with Crippen molar-refractivity contribution in [2.45, 2.75) is 19.3 Å². The Balaban J connectivity index is 1.61. The molecule has 27 heavy (non-hydrogen) atoms. The van der Waals surface area contributed by atoms with Crippen LogP contribution in [-0.4, -0.2) is 9.55 Å². The Hall–Kier alpha value is -1.56. The Morgan fingerprint density at radius 2 is 2.00 bits per heavy atom. The van der Waals surface area contributed by atoms with Gasteiger partial charge in [-0.15, -0.1) is 11.3 Å². The van der Waals surface area contributed by atoms with Crippen molar-refractivity contribution in [3.05, 3.63) is 86.7 Å². The highest BCUT2D eigenvalue weighted by Crippen LogP contribution is 2.34. The summed E-state index contributed by atoms with van der Waals surface area (Å²) in [6.45, 7) is 1.06. The van der Waals surface area contributed by atoms with E-state index in [4.69, 9.17) is 39.5 Å². The topological polar surface area (TPSA) is 27.1 Å². The van der Waals surface area contributed by atoms with Gasteiger partial charge in [0.1, 0.15) is 6.10 Å². The maximum absolute atomic E-state index is 6.44. The summed E-state index contributed by atoms with van der Waals surface area (Å²) in [7, 11) is 0. The molecule has 3 nitrogen and oxygen atoms in total. The van der Waals surface area contributed by atoms with E-state index in [1.54, 1.807) is 29.9 Å². The number of halogens is 3. The molecule has 1 atom stereocenters. The largest absolute Gasteiger partial charge is 0.367 e. The van der Waals surface area contributed by atoms with Crippen molar-refractivity contribution in [2.24, 2.45) is 0 Å². The van der Waals surface area contributed by atoms with E-state index >= 15 is 0 Å². The smallest absolute Gasteiger partial charge is 0.102 e. The maximum atomic E-state index is 6.44. The average molecular weight is 438 g/mol. The van der Waals surface area contributed by atoms with Crippen LogP contribution in [0.1, 0.15) is 17.2 Å². The summed E-state index contributed by atoms with van der Waals surface area (Å²) in [5, 5.41) is 5.17. The highest BCUT2D eigenvalue weighted by atomic mass is 35.5. The lowest BCUT2D eigenvalue weighted by Crippen LogP contribution is -2.12. The van der Waals surface area contributed by atoms with Gasteiger partial charge in [0.05, 0.1) is 29.2 Å². The molecule has 0 saturated heterocycles. The number of aromatic nitrogens is 2. The number of benzene rings is 2. The summed E-state index contributed by atoms with van der Waals surface area (Å²) in [6, 6.07) is 11.4. The Morgan fingerprint density at radius 3 is 2.78 bits per heavy atom. The SMILES string of the molecule is Clc1ccc(C(Cn2ccnc2)OCc2csc3c(Cl)cccc23)c(Cl)c1. The molecule has 1 unspecified atom stereocenters. The molecule has 4 rings (SSSR count). The van der Waals surface area contributed by atoms with Gasteiger partial charge in [-0.1, -0.05) is 53.0 Å². The van der Waals surface area contributed by atoms with Gasteiger partial charge >= 0.3 is 0 Å². The average Bonchev–Trinajstić information content (AvgIpc) is 3.29. The van der Waals surface area contributed by atoms with Crippen molar-refractivity contribution in [3.8, 4) is 0 Å². The van der Waals surface area contributed by atoms with E-state index in [1.807, 2.05) is 35.0 Å². The third-order valence-electron chi connectivity index (χ3n) is 4.32. The third-order valence-corrected chi connectivity index (χ3v) is 6.38. The van der Waals surface area contributed by atoms with Crippen LogP contribution in [0.15, 0.2) is 60.5 Å². The van der Waals surface area contributed by atoms with Gasteiger partial charge in [0.2, 0.25) is 0 Å². The summed E-state index contributed by atoms with van der Waals surface area (Å²) in [5.74, 6) is 0. The van der Waals surface area contributed by atoms with Crippen LogP contribution in [0, 0.1) is 0 Å². The highest BCUT2D eigenvalue weighted by molar-refractivity contribution is 7.18. The molecule has 0 radical (unpaired) electrons. The third kappa shape index (κ3) is 4.15. The Kier molecular flexibility index (Phi) is 5.71. The Labute approximate surface area is 176 Å². The molecule has 0 amide bonds. The van der Waals surface area contributed by atoms with Gasteiger partial charge in [-0.25, -0.2) is 4.98 Å². The first-order valence-corrected chi connectivity index (χ1v) is 10.3. The first kappa shape index (κ1) is 18.8. The number of rotatable bonds is 6. The monoisotopic (exact) mass is 436 g/mol. The normalized spacial score (nSPS) is 12.6. The maximum Gasteiger partial charge on any atom is 0.102 e. The summed E-state index contributed by atoms with van der Waals surface area (Å²) in [5.41, 5.74) is 2.01. The molecule has 2 aromatic heterocycles. The van der Waals surface area contributed by atoms with Gasteiger partial charge in [-0.05, 0) is 34.5 Å². The lowest BCUT2D eigenvalue weighted by atomic mass is 10.1. The van der Waals surface area contributed by atoms with Crippen molar-refractivity contribution in [1.82, 2.24) is 9.55 Å². The Morgan fingerprint density at radius 1 is 1.11 bits per heavy atom. The predicted octanol–water partition coefficient (Wildman–Crippen LogP) is 7.02. The van der Waals surface area contributed by atoms with Crippen molar-refractivity contribution < 1.29 is 4.74 Å². The second-order valence-electron chi connectivity index (χ2n) is 6.10. The zero-order valence-electron chi connectivity index (χ0n) is 14.1. The second-order valence-corrected chi connectivity index (χ2v) is 8.23. The summed E-state index contributed by atoms with van der Waals surface area (Å²) >= 11 is 20.4. The first-order valence-electron chi connectivity index (χ1n) is 8.28. The lowest BCUT2D eigenvalue weighted by Gasteiger charge is -2.20. The molecule has 0 saturated carbocycles. The molecule has 0 aliphatic carbocycles. The zero-order chi connectivity index (χ0) is 18.8. The fraction of sp³-hybridized carbons (Fsp3) is 0.150. The van der Waals surface area contributed by atoms with Crippen LogP contribution in [0.2, 0.25) is 15.1 Å². The molecule has 2 aromatic carbocycles.